The molecular weight excluding hydrogens is 166 g/mol. The molecule has 0 heterocycles. The van der Waals surface area contributed by atoms with Crippen molar-refractivity contribution in [1.82, 2.24) is 0 Å². The highest BCUT2D eigenvalue weighted by molar-refractivity contribution is 7.99. The van der Waals surface area contributed by atoms with Crippen molar-refractivity contribution in [2.45, 2.75) is 17.9 Å². The average molecular weight is 180 g/mol. The zero-order chi connectivity index (χ0) is 8.97. The molecule has 0 saturated carbocycles. The molecule has 2 heteroatoms. The Bertz CT molecular complexity index is 228. The van der Waals surface area contributed by atoms with Gasteiger partial charge in [-0.25, -0.2) is 0 Å². The molecular formula is C10H14NS. The van der Waals surface area contributed by atoms with Crippen molar-refractivity contribution in [2.24, 2.45) is 5.73 Å². The quantitative estimate of drug-likeness (QED) is 0.724. The Morgan fingerprint density at radius 1 is 1.42 bits per heavy atom. The summed E-state index contributed by atoms with van der Waals surface area (Å²) in [6, 6.07) is 8.15. The lowest BCUT2D eigenvalue weighted by Gasteiger charge is -2.05. The standard InChI is InChI=1S/C10H14NS/c1-3-12-10-6-4-9(5-7-10)8(2)11/h4-8H,2-3,11H2,1H3/t8-/m1/s1. The zero-order valence-corrected chi connectivity index (χ0v) is 8.10. The van der Waals surface area contributed by atoms with E-state index < -0.39 is 0 Å². The lowest BCUT2D eigenvalue weighted by atomic mass is 10.1. The van der Waals surface area contributed by atoms with Crippen LogP contribution in [0.4, 0.5) is 0 Å². The monoisotopic (exact) mass is 180 g/mol. The molecule has 0 saturated heterocycles. The van der Waals surface area contributed by atoms with Crippen LogP contribution in [-0.4, -0.2) is 5.75 Å². The first kappa shape index (κ1) is 9.62. The molecule has 1 rings (SSSR count). The Hall–Kier alpha value is -0.470. The number of thioether (sulfide) groups is 1. The largest absolute Gasteiger partial charge is 0.324 e. The normalized spacial score (nSPS) is 12.9. The average Bonchev–Trinajstić information content (AvgIpc) is 2.06. The first-order chi connectivity index (χ1) is 5.74. The summed E-state index contributed by atoms with van der Waals surface area (Å²) in [6.07, 6.45) is 0. The molecule has 1 radical (unpaired) electrons. The Morgan fingerprint density at radius 3 is 2.42 bits per heavy atom. The summed E-state index contributed by atoms with van der Waals surface area (Å²) in [5.74, 6) is 1.11. The minimum Gasteiger partial charge on any atom is -0.324 e. The first-order valence-electron chi connectivity index (χ1n) is 4.05. The van der Waals surface area contributed by atoms with Crippen molar-refractivity contribution in [3.05, 3.63) is 36.8 Å². The molecule has 0 aliphatic heterocycles. The zero-order valence-electron chi connectivity index (χ0n) is 7.29. The summed E-state index contributed by atoms with van der Waals surface area (Å²) in [4.78, 5) is 1.29. The van der Waals surface area contributed by atoms with Crippen LogP contribution in [0, 0.1) is 6.92 Å². The van der Waals surface area contributed by atoms with Gasteiger partial charge in [-0.15, -0.1) is 11.8 Å². The number of rotatable bonds is 3. The maximum atomic E-state index is 5.62. The van der Waals surface area contributed by atoms with E-state index in [1.807, 2.05) is 23.9 Å². The van der Waals surface area contributed by atoms with Gasteiger partial charge in [-0.1, -0.05) is 19.1 Å². The van der Waals surface area contributed by atoms with E-state index in [0.29, 0.717) is 0 Å². The molecule has 0 fully saturated rings. The summed E-state index contributed by atoms with van der Waals surface area (Å²) < 4.78 is 0. The van der Waals surface area contributed by atoms with Gasteiger partial charge in [0.15, 0.2) is 0 Å². The molecule has 1 nitrogen and oxygen atoms in total. The summed E-state index contributed by atoms with van der Waals surface area (Å²) in [7, 11) is 0. The topological polar surface area (TPSA) is 26.0 Å². The fourth-order valence-corrected chi connectivity index (χ4v) is 1.64. The van der Waals surface area contributed by atoms with Crippen molar-refractivity contribution in [3.63, 3.8) is 0 Å². The highest BCUT2D eigenvalue weighted by Crippen LogP contribution is 2.19. The minimum absolute atomic E-state index is 0.106. The van der Waals surface area contributed by atoms with Gasteiger partial charge >= 0.3 is 0 Å². The van der Waals surface area contributed by atoms with Gasteiger partial charge in [-0.3, -0.25) is 0 Å². The molecule has 0 aliphatic rings. The Balaban J connectivity index is 2.71. The molecule has 65 valence electrons. The van der Waals surface area contributed by atoms with Crippen LogP contribution in [0.5, 0.6) is 0 Å². The van der Waals surface area contributed by atoms with Crippen LogP contribution in [0.25, 0.3) is 0 Å². The predicted molar refractivity (Wildman–Crippen MR) is 55.1 cm³/mol. The molecule has 0 unspecified atom stereocenters. The summed E-state index contributed by atoms with van der Waals surface area (Å²) in [6.45, 7) is 5.90. The van der Waals surface area contributed by atoms with Gasteiger partial charge in [-0.2, -0.15) is 0 Å². The van der Waals surface area contributed by atoms with Crippen molar-refractivity contribution in [1.29, 1.82) is 0 Å². The third-order valence-corrected chi connectivity index (χ3v) is 2.51. The van der Waals surface area contributed by atoms with Crippen molar-refractivity contribution in [2.75, 3.05) is 5.75 Å². The van der Waals surface area contributed by atoms with Gasteiger partial charge in [-0.05, 0) is 30.4 Å². The molecule has 1 aromatic rings. The second-order valence-corrected chi connectivity index (χ2v) is 3.95. The van der Waals surface area contributed by atoms with E-state index in [0.717, 1.165) is 11.3 Å². The highest BCUT2D eigenvalue weighted by atomic mass is 32.2. The van der Waals surface area contributed by atoms with Crippen molar-refractivity contribution >= 4 is 11.8 Å². The van der Waals surface area contributed by atoms with E-state index in [4.69, 9.17) is 5.73 Å². The van der Waals surface area contributed by atoms with Gasteiger partial charge in [0.05, 0.1) is 0 Å². The van der Waals surface area contributed by atoms with E-state index in [2.05, 4.69) is 26.0 Å². The molecule has 1 aromatic carbocycles. The number of benzene rings is 1. The maximum Gasteiger partial charge on any atom is 0.0295 e. The second-order valence-electron chi connectivity index (χ2n) is 2.61. The fraction of sp³-hybridized carbons (Fsp3) is 0.300. The molecule has 12 heavy (non-hydrogen) atoms. The molecule has 1 atom stereocenters. The predicted octanol–water partition coefficient (Wildman–Crippen LogP) is 2.63. The molecule has 0 aromatic heterocycles. The smallest absolute Gasteiger partial charge is 0.0295 e. The summed E-state index contributed by atoms with van der Waals surface area (Å²) in [5, 5.41) is 0. The Morgan fingerprint density at radius 2 is 2.00 bits per heavy atom. The minimum atomic E-state index is -0.106. The summed E-state index contributed by atoms with van der Waals surface area (Å²) in [5.41, 5.74) is 6.71. The molecule has 0 spiro atoms. The second kappa shape index (κ2) is 4.53. The fourth-order valence-electron chi connectivity index (χ4n) is 0.978. The molecule has 0 aliphatic carbocycles. The first-order valence-corrected chi connectivity index (χ1v) is 5.04. The molecule has 2 N–H and O–H groups in total. The Labute approximate surface area is 78.4 Å². The van der Waals surface area contributed by atoms with Crippen LogP contribution in [-0.2, 0) is 0 Å². The van der Waals surface area contributed by atoms with Gasteiger partial charge in [0.1, 0.15) is 0 Å². The van der Waals surface area contributed by atoms with E-state index >= 15 is 0 Å². The van der Waals surface area contributed by atoms with Crippen LogP contribution < -0.4 is 5.73 Å². The van der Waals surface area contributed by atoms with Crippen molar-refractivity contribution < 1.29 is 0 Å². The number of hydrogen-bond acceptors (Lipinski definition) is 2. The lowest BCUT2D eigenvalue weighted by molar-refractivity contribution is 0.905. The van der Waals surface area contributed by atoms with Gasteiger partial charge < -0.3 is 5.73 Å². The van der Waals surface area contributed by atoms with E-state index in [9.17, 15) is 0 Å². The Kier molecular flexibility index (Phi) is 3.63. The van der Waals surface area contributed by atoms with Gasteiger partial charge in [0.25, 0.3) is 0 Å². The van der Waals surface area contributed by atoms with E-state index in [1.165, 1.54) is 4.90 Å². The maximum absolute atomic E-state index is 5.62. The third-order valence-electron chi connectivity index (χ3n) is 1.62. The summed E-state index contributed by atoms with van der Waals surface area (Å²) >= 11 is 1.83. The lowest BCUT2D eigenvalue weighted by Crippen LogP contribution is -2.04. The highest BCUT2D eigenvalue weighted by Gasteiger charge is 1.98. The van der Waals surface area contributed by atoms with Crippen LogP contribution >= 0.6 is 11.8 Å². The van der Waals surface area contributed by atoms with Crippen LogP contribution in [0.1, 0.15) is 18.5 Å². The van der Waals surface area contributed by atoms with Crippen LogP contribution in [0.2, 0.25) is 0 Å². The third kappa shape index (κ3) is 2.54. The molecule has 0 bridgehead atoms. The van der Waals surface area contributed by atoms with Crippen molar-refractivity contribution in [3.8, 4) is 0 Å². The molecule has 0 amide bonds. The van der Waals surface area contributed by atoms with Gasteiger partial charge in [0.2, 0.25) is 0 Å². The van der Waals surface area contributed by atoms with E-state index in [1.54, 1.807) is 0 Å². The number of nitrogens with two attached hydrogens (primary N) is 1. The SMILES string of the molecule is [CH2][C@@H](N)c1ccc(SCC)cc1. The van der Waals surface area contributed by atoms with Crippen LogP contribution in [0.3, 0.4) is 0 Å². The number of hydrogen-bond donors (Lipinski definition) is 1. The van der Waals surface area contributed by atoms with E-state index in [-0.39, 0.29) is 6.04 Å². The van der Waals surface area contributed by atoms with Crippen LogP contribution in [0.15, 0.2) is 29.2 Å². The van der Waals surface area contributed by atoms with Gasteiger partial charge in [0, 0.05) is 10.9 Å².